The molecular formula is C35H48BF3N4O7. The Morgan fingerprint density at radius 2 is 1.64 bits per heavy atom. The molecule has 0 aromatic heterocycles. The summed E-state index contributed by atoms with van der Waals surface area (Å²) in [4.78, 5) is 43.5. The highest BCUT2D eigenvalue weighted by Gasteiger charge is 2.44. The van der Waals surface area contributed by atoms with Crippen LogP contribution in [0.4, 0.5) is 18.0 Å². The number of alkyl halides is 3. The maximum Gasteiger partial charge on any atom is 0.573 e. The number of likely N-dealkylation sites (tertiary alicyclic amines) is 1. The van der Waals surface area contributed by atoms with Crippen LogP contribution >= 0.6 is 0 Å². The second kappa shape index (κ2) is 18.4. The van der Waals surface area contributed by atoms with Gasteiger partial charge in [-0.05, 0) is 42.2 Å². The number of rotatable bonds is 17. The molecule has 2 aromatic carbocycles. The number of hydrogen-bond acceptors (Lipinski definition) is 8. The number of amides is 3. The summed E-state index contributed by atoms with van der Waals surface area (Å²) in [5.74, 6) is -2.44. The van der Waals surface area contributed by atoms with E-state index >= 15 is 0 Å². The van der Waals surface area contributed by atoms with Crippen molar-refractivity contribution in [3.63, 3.8) is 0 Å². The molecule has 1 fully saturated rings. The normalized spacial score (nSPS) is 18.4. The van der Waals surface area contributed by atoms with Gasteiger partial charge in [-0.3, -0.25) is 14.5 Å². The standard InChI is InChI=1S/C35H48BF3N4O7/c1-3-4-5-6-7-8-9-17-31(36(47)48)41-32(44)30-19-29(49-34(46)42-21-26-14-10-11-15-27(26)22-42)23-43(30)33(45)24(2)40-20-25-13-12-16-28(18-25)50-35(37,38)39/h10-16,18,24,29-31,40,47-48H,3-9,17,19-23H2,1-2H3,(H,41,44)/t24-,29+,30-,31-/m0/s1. The van der Waals surface area contributed by atoms with Gasteiger partial charge in [0.25, 0.3) is 0 Å². The quantitative estimate of drug-likeness (QED) is 0.136. The van der Waals surface area contributed by atoms with E-state index in [0.29, 0.717) is 31.5 Å². The first-order valence-electron chi connectivity index (χ1n) is 17.4. The second-order valence-electron chi connectivity index (χ2n) is 13.1. The maximum absolute atomic E-state index is 13.8. The van der Waals surface area contributed by atoms with Gasteiger partial charge in [0.15, 0.2) is 0 Å². The van der Waals surface area contributed by atoms with Gasteiger partial charge in [0.2, 0.25) is 11.8 Å². The third kappa shape index (κ3) is 11.6. The minimum atomic E-state index is -4.85. The Hall–Kier alpha value is -3.82. The number of ether oxygens (including phenoxy) is 2. The van der Waals surface area contributed by atoms with Crippen molar-refractivity contribution in [3.05, 3.63) is 65.2 Å². The number of carbonyl (C=O) groups is 3. The molecule has 2 aliphatic heterocycles. The number of unbranched alkanes of at least 4 members (excludes halogenated alkanes) is 6. The van der Waals surface area contributed by atoms with E-state index in [1.165, 1.54) is 29.5 Å². The zero-order chi connectivity index (χ0) is 36.3. The molecule has 15 heteroatoms. The SMILES string of the molecule is CCCCCCCCC[C@H](NC(=O)[C@@H]1C[C@@H](OC(=O)N2Cc3ccccc3C2)CN1C(=O)[C@H](C)NCc1cccc(OC(F)(F)F)c1)B(O)O. The van der Waals surface area contributed by atoms with Crippen molar-refractivity contribution in [2.75, 3.05) is 6.54 Å². The molecule has 0 saturated carbocycles. The summed E-state index contributed by atoms with van der Waals surface area (Å²) < 4.78 is 47.9. The summed E-state index contributed by atoms with van der Waals surface area (Å²) >= 11 is 0. The van der Waals surface area contributed by atoms with Crippen LogP contribution in [0.25, 0.3) is 0 Å². The number of halogens is 3. The summed E-state index contributed by atoms with van der Waals surface area (Å²) in [6.45, 7) is 4.41. The molecule has 4 rings (SSSR count). The zero-order valence-corrected chi connectivity index (χ0v) is 28.7. The molecule has 11 nitrogen and oxygen atoms in total. The van der Waals surface area contributed by atoms with Crippen molar-refractivity contribution in [2.45, 2.75) is 122 Å². The van der Waals surface area contributed by atoms with Gasteiger partial charge in [-0.25, -0.2) is 4.79 Å². The fourth-order valence-corrected chi connectivity index (χ4v) is 6.41. The molecule has 2 aliphatic rings. The molecule has 50 heavy (non-hydrogen) atoms. The van der Waals surface area contributed by atoms with Gasteiger partial charge in [-0.1, -0.05) is 88.3 Å². The third-order valence-electron chi connectivity index (χ3n) is 9.14. The van der Waals surface area contributed by atoms with Crippen LogP contribution < -0.4 is 15.4 Å². The molecule has 274 valence electrons. The molecule has 1 saturated heterocycles. The maximum atomic E-state index is 13.8. The average molecular weight is 705 g/mol. The van der Waals surface area contributed by atoms with Gasteiger partial charge in [0.05, 0.1) is 18.5 Å². The fourth-order valence-electron chi connectivity index (χ4n) is 6.41. The lowest BCUT2D eigenvalue weighted by atomic mass is 9.76. The van der Waals surface area contributed by atoms with Gasteiger partial charge in [-0.15, -0.1) is 13.2 Å². The monoisotopic (exact) mass is 704 g/mol. The van der Waals surface area contributed by atoms with E-state index in [4.69, 9.17) is 4.74 Å². The number of fused-ring (bicyclic) bond motifs is 1. The third-order valence-corrected chi connectivity index (χ3v) is 9.14. The Kier molecular flexibility index (Phi) is 14.4. The Morgan fingerprint density at radius 3 is 2.28 bits per heavy atom. The van der Waals surface area contributed by atoms with Crippen LogP contribution in [0.1, 0.15) is 88.3 Å². The van der Waals surface area contributed by atoms with Crippen LogP contribution in [0, 0.1) is 0 Å². The van der Waals surface area contributed by atoms with Crippen molar-refractivity contribution in [2.24, 2.45) is 0 Å². The first kappa shape index (κ1) is 39.0. The summed E-state index contributed by atoms with van der Waals surface area (Å²) in [6, 6.07) is 11.1. The highest BCUT2D eigenvalue weighted by atomic mass is 19.4. The Bertz CT molecular complexity index is 1410. The van der Waals surface area contributed by atoms with Crippen LogP contribution in [-0.2, 0) is 34.0 Å². The lowest BCUT2D eigenvalue weighted by Gasteiger charge is -2.28. The van der Waals surface area contributed by atoms with E-state index in [-0.39, 0.29) is 19.5 Å². The van der Waals surface area contributed by atoms with Gasteiger partial charge in [-0.2, -0.15) is 0 Å². The van der Waals surface area contributed by atoms with Crippen LogP contribution in [0.5, 0.6) is 5.75 Å². The van der Waals surface area contributed by atoms with E-state index in [2.05, 4.69) is 22.3 Å². The molecule has 0 radical (unpaired) electrons. The van der Waals surface area contributed by atoms with E-state index in [1.807, 2.05) is 24.3 Å². The number of hydrogen-bond donors (Lipinski definition) is 4. The Labute approximate surface area is 291 Å². The van der Waals surface area contributed by atoms with Crippen molar-refractivity contribution in [1.82, 2.24) is 20.4 Å². The lowest BCUT2D eigenvalue weighted by Crippen LogP contribution is -2.55. The Balaban J connectivity index is 1.40. The van der Waals surface area contributed by atoms with Gasteiger partial charge >= 0.3 is 19.6 Å². The molecule has 3 amide bonds. The van der Waals surface area contributed by atoms with Crippen LogP contribution in [0.2, 0.25) is 0 Å². The topological polar surface area (TPSA) is 141 Å². The Morgan fingerprint density at radius 1 is 0.980 bits per heavy atom. The largest absolute Gasteiger partial charge is 0.573 e. The average Bonchev–Trinajstić information content (AvgIpc) is 3.70. The molecule has 2 heterocycles. The molecular weight excluding hydrogens is 656 g/mol. The highest BCUT2D eigenvalue weighted by molar-refractivity contribution is 6.43. The van der Waals surface area contributed by atoms with Crippen molar-refractivity contribution < 1.29 is 47.1 Å². The first-order valence-corrected chi connectivity index (χ1v) is 17.4. The van der Waals surface area contributed by atoms with Crippen molar-refractivity contribution in [1.29, 1.82) is 0 Å². The minimum absolute atomic E-state index is 0.000674. The summed E-state index contributed by atoms with van der Waals surface area (Å²) in [7, 11) is -1.81. The second-order valence-corrected chi connectivity index (χ2v) is 13.1. The van der Waals surface area contributed by atoms with Crippen LogP contribution in [0.3, 0.4) is 0 Å². The van der Waals surface area contributed by atoms with Crippen LogP contribution in [0.15, 0.2) is 48.5 Å². The van der Waals surface area contributed by atoms with E-state index < -0.39 is 61.3 Å². The van der Waals surface area contributed by atoms with E-state index in [0.717, 1.165) is 43.2 Å². The van der Waals surface area contributed by atoms with Gasteiger partial charge < -0.3 is 35.1 Å². The molecule has 0 unspecified atom stereocenters. The van der Waals surface area contributed by atoms with Gasteiger partial charge in [0, 0.05) is 26.1 Å². The number of benzene rings is 2. The van der Waals surface area contributed by atoms with Crippen LogP contribution in [-0.4, -0.2) is 81.9 Å². The lowest BCUT2D eigenvalue weighted by molar-refractivity contribution is -0.274. The van der Waals surface area contributed by atoms with Crippen molar-refractivity contribution >= 4 is 25.0 Å². The van der Waals surface area contributed by atoms with E-state index in [1.54, 1.807) is 17.9 Å². The molecule has 0 aliphatic carbocycles. The smallest absolute Gasteiger partial charge is 0.444 e. The summed E-state index contributed by atoms with van der Waals surface area (Å²) in [5.41, 5.74) is 2.45. The summed E-state index contributed by atoms with van der Waals surface area (Å²) in [6.07, 6.45) is 1.21. The first-order chi connectivity index (χ1) is 23.8. The van der Waals surface area contributed by atoms with Gasteiger partial charge in [0.1, 0.15) is 17.9 Å². The van der Waals surface area contributed by atoms with E-state index in [9.17, 15) is 37.6 Å². The predicted molar refractivity (Wildman–Crippen MR) is 180 cm³/mol. The van der Waals surface area contributed by atoms with Crippen molar-refractivity contribution in [3.8, 4) is 5.75 Å². The minimum Gasteiger partial charge on any atom is -0.444 e. The highest BCUT2D eigenvalue weighted by Crippen LogP contribution is 2.27. The fraction of sp³-hybridized carbons (Fsp3) is 0.571. The zero-order valence-electron chi connectivity index (χ0n) is 28.7. The number of nitrogens with zero attached hydrogens (tertiary/aromatic N) is 2. The molecule has 2 aromatic rings. The summed E-state index contributed by atoms with van der Waals surface area (Å²) in [5, 5.41) is 25.8. The number of carbonyl (C=O) groups excluding carboxylic acids is 3. The molecule has 0 bridgehead atoms. The molecule has 4 atom stereocenters. The molecule has 4 N–H and O–H groups in total. The number of nitrogens with one attached hydrogen (secondary N) is 2. The molecule has 0 spiro atoms. The predicted octanol–water partition coefficient (Wildman–Crippen LogP) is 4.82.